The molecule has 9 rings (SSSR count). The van der Waals surface area contributed by atoms with Crippen LogP contribution in [0.3, 0.4) is 0 Å². The summed E-state index contributed by atoms with van der Waals surface area (Å²) in [6, 6.07) is 44.2. The van der Waals surface area contributed by atoms with Crippen LogP contribution in [-0.4, -0.2) is 0 Å². The maximum atomic E-state index is 9.45. The molecule has 0 amide bonds. The molecule has 0 spiro atoms. The van der Waals surface area contributed by atoms with Crippen LogP contribution in [0.15, 0.2) is 162 Å². The fraction of sp³-hybridized carbons (Fsp3) is 0. The van der Waals surface area contributed by atoms with E-state index in [0.717, 1.165) is 70.9 Å². The summed E-state index contributed by atoms with van der Waals surface area (Å²) >= 11 is 0. The molecule has 9 aromatic rings. The van der Waals surface area contributed by atoms with Gasteiger partial charge in [0.25, 0.3) is 0 Å². The summed E-state index contributed by atoms with van der Waals surface area (Å²) in [6.45, 7) is 0. The highest BCUT2D eigenvalue weighted by Crippen LogP contribution is 2.45. The molecule has 0 radical (unpaired) electrons. The summed E-state index contributed by atoms with van der Waals surface area (Å²) in [6.07, 6.45) is 0. The van der Waals surface area contributed by atoms with Gasteiger partial charge in [0.05, 0.1) is 5.48 Å². The lowest BCUT2D eigenvalue weighted by atomic mass is 9.85. The van der Waals surface area contributed by atoms with E-state index in [0.29, 0.717) is 16.7 Å². The molecule has 0 aliphatic rings. The maximum absolute atomic E-state index is 9.45. The molecule has 0 aliphatic heterocycles. The molecule has 0 atom stereocenters. The van der Waals surface area contributed by atoms with Crippen LogP contribution < -0.4 is 0 Å². The lowest BCUT2D eigenvalue weighted by Crippen LogP contribution is -1.91. The standard InChI is InChI=1S/C42H26O/c1-2-11-27(12-3-1)29-14-10-15-30(25-29)40-33-17-6-8-19-35(33)41(36-20-9-7-18-34(36)40)31-22-23-38-37(26-31)42-32-16-5-4-13-28(32)21-24-39(42)43-38/h1-26H/i10D,14D,15D,25D. The Labute approximate surface area is 254 Å². The first-order valence-corrected chi connectivity index (χ1v) is 14.4. The van der Waals surface area contributed by atoms with Gasteiger partial charge in [0, 0.05) is 10.8 Å². The molecule has 43 heavy (non-hydrogen) atoms. The zero-order valence-electron chi connectivity index (χ0n) is 27.1. The second-order valence-electron chi connectivity index (χ2n) is 10.9. The Morgan fingerprint density at radius 2 is 1.00 bits per heavy atom. The molecule has 0 unspecified atom stereocenters. The van der Waals surface area contributed by atoms with Gasteiger partial charge in [0.15, 0.2) is 0 Å². The lowest BCUT2D eigenvalue weighted by Gasteiger charge is -2.18. The first-order valence-electron chi connectivity index (χ1n) is 16.4. The highest BCUT2D eigenvalue weighted by atomic mass is 16.3. The van der Waals surface area contributed by atoms with E-state index in [1.807, 2.05) is 78.9 Å². The Kier molecular flexibility index (Phi) is 4.45. The third-order valence-corrected chi connectivity index (χ3v) is 8.52. The molecule has 1 aromatic heterocycles. The number of hydrogen-bond donors (Lipinski definition) is 0. The van der Waals surface area contributed by atoms with Crippen molar-refractivity contribution >= 4 is 54.3 Å². The second kappa shape index (κ2) is 9.44. The van der Waals surface area contributed by atoms with E-state index in [1.165, 1.54) is 0 Å². The summed E-state index contributed by atoms with van der Waals surface area (Å²) in [5.74, 6) is 0. The van der Waals surface area contributed by atoms with Gasteiger partial charge in [-0.15, -0.1) is 0 Å². The van der Waals surface area contributed by atoms with Crippen LogP contribution in [0.4, 0.5) is 0 Å². The molecule has 0 bridgehead atoms. The Hall–Kier alpha value is -5.66. The molecule has 0 fully saturated rings. The topological polar surface area (TPSA) is 13.1 Å². The predicted octanol–water partition coefficient (Wildman–Crippen LogP) is 12.0. The Balaban J connectivity index is 1.40. The van der Waals surface area contributed by atoms with Gasteiger partial charge in [-0.05, 0) is 89.9 Å². The van der Waals surface area contributed by atoms with Crippen LogP contribution in [0.1, 0.15) is 5.48 Å². The van der Waals surface area contributed by atoms with E-state index < -0.39 is 0 Å². The fourth-order valence-corrected chi connectivity index (χ4v) is 6.63. The minimum absolute atomic E-state index is 0.0865. The lowest BCUT2D eigenvalue weighted by molar-refractivity contribution is 0.669. The summed E-state index contributed by atoms with van der Waals surface area (Å²) in [7, 11) is 0. The second-order valence-corrected chi connectivity index (χ2v) is 10.9. The van der Waals surface area contributed by atoms with E-state index in [-0.39, 0.29) is 24.2 Å². The van der Waals surface area contributed by atoms with Crippen molar-refractivity contribution in [2.24, 2.45) is 0 Å². The monoisotopic (exact) mass is 550 g/mol. The number of benzene rings is 8. The molecule has 0 aliphatic carbocycles. The summed E-state index contributed by atoms with van der Waals surface area (Å²) < 4.78 is 42.5. The van der Waals surface area contributed by atoms with Crippen molar-refractivity contribution < 1.29 is 9.90 Å². The molecule has 0 saturated heterocycles. The predicted molar refractivity (Wildman–Crippen MR) is 183 cm³/mol. The van der Waals surface area contributed by atoms with Gasteiger partial charge >= 0.3 is 0 Å². The number of rotatable bonds is 3. The smallest absolute Gasteiger partial charge is 0.136 e. The van der Waals surface area contributed by atoms with Crippen LogP contribution in [0, 0.1) is 0 Å². The van der Waals surface area contributed by atoms with Gasteiger partial charge in [0.1, 0.15) is 11.2 Å². The van der Waals surface area contributed by atoms with Crippen LogP contribution in [0.25, 0.3) is 87.6 Å². The molecule has 0 saturated carbocycles. The number of furan rings is 1. The largest absolute Gasteiger partial charge is 0.456 e. The van der Waals surface area contributed by atoms with Crippen molar-refractivity contribution in [1.29, 1.82) is 0 Å². The zero-order valence-corrected chi connectivity index (χ0v) is 23.1. The molecule has 0 N–H and O–H groups in total. The normalized spacial score (nSPS) is 13.0. The Bertz CT molecular complexity index is 2670. The van der Waals surface area contributed by atoms with E-state index in [9.17, 15) is 1.37 Å². The minimum atomic E-state index is -0.184. The number of hydrogen-bond acceptors (Lipinski definition) is 1. The molecule has 1 heterocycles. The summed E-state index contributed by atoms with van der Waals surface area (Å²) in [5, 5.41) is 8.20. The summed E-state index contributed by atoms with van der Waals surface area (Å²) in [4.78, 5) is 0. The third-order valence-electron chi connectivity index (χ3n) is 8.52. The summed E-state index contributed by atoms with van der Waals surface area (Å²) in [5.41, 5.74) is 5.94. The number of fused-ring (bicyclic) bond motifs is 7. The molecular weight excluding hydrogens is 520 g/mol. The molecule has 8 aromatic carbocycles. The van der Waals surface area contributed by atoms with Crippen molar-refractivity contribution in [3.63, 3.8) is 0 Å². The van der Waals surface area contributed by atoms with Crippen LogP contribution in [0.5, 0.6) is 0 Å². The average molecular weight is 551 g/mol. The fourth-order valence-electron chi connectivity index (χ4n) is 6.63. The molecule has 200 valence electrons. The van der Waals surface area contributed by atoms with Crippen molar-refractivity contribution in [2.45, 2.75) is 0 Å². The van der Waals surface area contributed by atoms with Crippen molar-refractivity contribution in [3.8, 4) is 33.4 Å². The van der Waals surface area contributed by atoms with E-state index in [1.54, 1.807) is 0 Å². The maximum Gasteiger partial charge on any atom is 0.136 e. The van der Waals surface area contributed by atoms with E-state index in [4.69, 9.17) is 8.53 Å². The zero-order chi connectivity index (χ0) is 31.8. The van der Waals surface area contributed by atoms with Crippen molar-refractivity contribution in [2.75, 3.05) is 0 Å². The van der Waals surface area contributed by atoms with Crippen LogP contribution in [0.2, 0.25) is 0 Å². The van der Waals surface area contributed by atoms with Gasteiger partial charge in [-0.3, -0.25) is 0 Å². The SMILES string of the molecule is [2H]c1c([2H])c(-c2ccccc2)c([2H])c(-c2c3ccccc3c(-c3ccc4oc5ccc6ccccc6c5c4c3)c3ccccc23)c1[2H]. The van der Waals surface area contributed by atoms with E-state index >= 15 is 0 Å². The van der Waals surface area contributed by atoms with Crippen LogP contribution >= 0.6 is 0 Å². The van der Waals surface area contributed by atoms with Crippen molar-refractivity contribution in [3.05, 3.63) is 158 Å². The Morgan fingerprint density at radius 3 is 1.72 bits per heavy atom. The molecular formula is C42H26O. The molecule has 1 heteroatoms. The first kappa shape index (κ1) is 20.3. The average Bonchev–Trinajstić information content (AvgIpc) is 3.49. The Morgan fingerprint density at radius 1 is 0.419 bits per heavy atom. The van der Waals surface area contributed by atoms with Gasteiger partial charge in [0.2, 0.25) is 0 Å². The quantitative estimate of drug-likeness (QED) is 0.199. The van der Waals surface area contributed by atoms with Gasteiger partial charge < -0.3 is 4.42 Å². The van der Waals surface area contributed by atoms with Gasteiger partial charge in [-0.1, -0.05) is 133 Å². The third kappa shape index (κ3) is 3.72. The van der Waals surface area contributed by atoms with Crippen molar-refractivity contribution in [1.82, 2.24) is 0 Å². The first-order chi connectivity index (χ1) is 23.0. The highest BCUT2D eigenvalue weighted by molar-refractivity contribution is 6.23. The molecule has 1 nitrogen and oxygen atoms in total. The van der Waals surface area contributed by atoms with E-state index in [2.05, 4.69) is 54.6 Å². The highest BCUT2D eigenvalue weighted by Gasteiger charge is 2.18. The van der Waals surface area contributed by atoms with Crippen LogP contribution in [-0.2, 0) is 0 Å². The van der Waals surface area contributed by atoms with Gasteiger partial charge in [-0.2, -0.15) is 0 Å². The minimum Gasteiger partial charge on any atom is -0.456 e. The van der Waals surface area contributed by atoms with Gasteiger partial charge in [-0.25, -0.2) is 0 Å².